The molecule has 0 aromatic rings. The van der Waals surface area contributed by atoms with Gasteiger partial charge in [0.2, 0.25) is 0 Å². The molecule has 0 saturated heterocycles. The SMILES string of the molecule is CC.CC.CC1CC(C)(C)CC(C)(CC(C)(C)C)C1. The standard InChI is InChI=1S/C15H30.2C2H6/c1-12-8-14(5,6)11-15(7,9-12)10-13(2,3)4;2*1-2/h12H,8-11H2,1-7H3;2*1-2H3. The molecule has 0 spiro atoms. The Labute approximate surface area is 124 Å². The minimum atomic E-state index is 0.474. The molecule has 1 fully saturated rings. The van der Waals surface area contributed by atoms with E-state index < -0.39 is 0 Å². The zero-order valence-electron chi connectivity index (χ0n) is 15.9. The van der Waals surface area contributed by atoms with E-state index in [-0.39, 0.29) is 0 Å². The molecule has 0 N–H and O–H groups in total. The highest BCUT2D eigenvalue weighted by Crippen LogP contribution is 2.52. The normalized spacial score (nSPS) is 29.5. The molecule has 0 radical (unpaired) electrons. The fraction of sp³-hybridized carbons (Fsp3) is 1.00. The van der Waals surface area contributed by atoms with Gasteiger partial charge in [-0.05, 0) is 47.8 Å². The molecule has 19 heavy (non-hydrogen) atoms. The maximum Gasteiger partial charge on any atom is -0.0313 e. The molecular weight excluding hydrogens is 228 g/mol. The van der Waals surface area contributed by atoms with Crippen molar-refractivity contribution in [3.05, 3.63) is 0 Å². The van der Waals surface area contributed by atoms with Gasteiger partial charge in [-0.15, -0.1) is 0 Å². The number of hydrogen-bond donors (Lipinski definition) is 0. The fourth-order valence-electron chi connectivity index (χ4n) is 4.57. The highest BCUT2D eigenvalue weighted by molar-refractivity contribution is 4.92. The average Bonchev–Trinajstić information content (AvgIpc) is 2.15. The van der Waals surface area contributed by atoms with Crippen molar-refractivity contribution < 1.29 is 0 Å². The molecule has 0 heteroatoms. The molecule has 2 unspecified atom stereocenters. The Morgan fingerprint density at radius 3 is 1.63 bits per heavy atom. The molecule has 0 aromatic heterocycles. The second-order valence-corrected chi connectivity index (χ2v) is 8.40. The monoisotopic (exact) mass is 270 g/mol. The van der Waals surface area contributed by atoms with E-state index >= 15 is 0 Å². The van der Waals surface area contributed by atoms with E-state index in [4.69, 9.17) is 0 Å². The maximum absolute atomic E-state index is 2.51. The quantitative estimate of drug-likeness (QED) is 0.468. The summed E-state index contributed by atoms with van der Waals surface area (Å²) >= 11 is 0. The summed E-state index contributed by atoms with van der Waals surface area (Å²) in [4.78, 5) is 0. The van der Waals surface area contributed by atoms with Gasteiger partial charge in [0.1, 0.15) is 0 Å². The first-order valence-corrected chi connectivity index (χ1v) is 8.52. The lowest BCUT2D eigenvalue weighted by Crippen LogP contribution is -2.37. The molecule has 0 amide bonds. The van der Waals surface area contributed by atoms with Crippen LogP contribution in [0.4, 0.5) is 0 Å². The second kappa shape index (κ2) is 8.32. The minimum absolute atomic E-state index is 0.474. The van der Waals surface area contributed by atoms with Crippen molar-refractivity contribution in [1.29, 1.82) is 0 Å². The number of rotatable bonds is 1. The average molecular weight is 271 g/mol. The van der Waals surface area contributed by atoms with Gasteiger partial charge in [-0.2, -0.15) is 0 Å². The Morgan fingerprint density at radius 1 is 0.895 bits per heavy atom. The van der Waals surface area contributed by atoms with Gasteiger partial charge in [-0.25, -0.2) is 0 Å². The molecule has 0 aliphatic heterocycles. The lowest BCUT2D eigenvalue weighted by molar-refractivity contribution is 0.0292. The van der Waals surface area contributed by atoms with Crippen molar-refractivity contribution in [3.63, 3.8) is 0 Å². The van der Waals surface area contributed by atoms with Crippen LogP contribution in [0, 0.1) is 22.2 Å². The molecule has 0 aromatic carbocycles. The Balaban J connectivity index is 0. The van der Waals surface area contributed by atoms with Crippen LogP contribution in [0.1, 0.15) is 102 Å². The zero-order valence-corrected chi connectivity index (χ0v) is 15.9. The van der Waals surface area contributed by atoms with Gasteiger partial charge in [-0.1, -0.05) is 76.2 Å². The van der Waals surface area contributed by atoms with Gasteiger partial charge in [0.25, 0.3) is 0 Å². The predicted molar refractivity (Wildman–Crippen MR) is 91.7 cm³/mol. The molecule has 2 atom stereocenters. The summed E-state index contributed by atoms with van der Waals surface area (Å²) in [5.74, 6) is 0.904. The lowest BCUT2D eigenvalue weighted by atomic mass is 9.57. The lowest BCUT2D eigenvalue weighted by Gasteiger charge is -2.48. The highest BCUT2D eigenvalue weighted by atomic mass is 14.5. The van der Waals surface area contributed by atoms with Gasteiger partial charge in [0.15, 0.2) is 0 Å². The van der Waals surface area contributed by atoms with Gasteiger partial charge < -0.3 is 0 Å². The van der Waals surface area contributed by atoms with Crippen LogP contribution in [0.15, 0.2) is 0 Å². The van der Waals surface area contributed by atoms with E-state index in [9.17, 15) is 0 Å². The smallest absolute Gasteiger partial charge is 0.0313 e. The summed E-state index contributed by atoms with van der Waals surface area (Å²) in [6.45, 7) is 25.0. The number of hydrogen-bond acceptors (Lipinski definition) is 0. The van der Waals surface area contributed by atoms with Crippen molar-refractivity contribution in [1.82, 2.24) is 0 Å². The Hall–Kier alpha value is 0. The Morgan fingerprint density at radius 2 is 1.32 bits per heavy atom. The van der Waals surface area contributed by atoms with Crippen LogP contribution in [0.25, 0.3) is 0 Å². The molecule has 0 bridgehead atoms. The van der Waals surface area contributed by atoms with E-state index in [1.807, 2.05) is 27.7 Å². The van der Waals surface area contributed by atoms with E-state index in [1.165, 1.54) is 25.7 Å². The second-order valence-electron chi connectivity index (χ2n) is 8.40. The molecule has 0 heterocycles. The third kappa shape index (κ3) is 9.52. The first-order chi connectivity index (χ1) is 8.52. The van der Waals surface area contributed by atoms with Crippen LogP contribution in [-0.4, -0.2) is 0 Å². The van der Waals surface area contributed by atoms with Crippen LogP contribution in [-0.2, 0) is 0 Å². The highest BCUT2D eigenvalue weighted by Gasteiger charge is 2.41. The van der Waals surface area contributed by atoms with Crippen LogP contribution >= 0.6 is 0 Å². The largest absolute Gasteiger partial charge is 0.0683 e. The molecule has 1 rings (SSSR count). The summed E-state index contributed by atoms with van der Waals surface area (Å²) in [5.41, 5.74) is 1.60. The van der Waals surface area contributed by atoms with Crippen molar-refractivity contribution >= 4 is 0 Å². The molecule has 1 saturated carbocycles. The van der Waals surface area contributed by atoms with E-state index in [0.717, 1.165) is 5.92 Å². The van der Waals surface area contributed by atoms with Crippen molar-refractivity contribution in [3.8, 4) is 0 Å². The molecule has 1 aliphatic rings. The van der Waals surface area contributed by atoms with E-state index in [2.05, 4.69) is 48.5 Å². The predicted octanol–water partition coefficient (Wildman–Crippen LogP) is 7.33. The molecule has 0 nitrogen and oxygen atoms in total. The van der Waals surface area contributed by atoms with E-state index in [0.29, 0.717) is 16.2 Å². The first kappa shape index (κ1) is 21.3. The van der Waals surface area contributed by atoms with Gasteiger partial charge in [0.05, 0.1) is 0 Å². The van der Waals surface area contributed by atoms with Gasteiger partial charge >= 0.3 is 0 Å². The summed E-state index contributed by atoms with van der Waals surface area (Å²) in [7, 11) is 0. The summed E-state index contributed by atoms with van der Waals surface area (Å²) in [6, 6.07) is 0. The van der Waals surface area contributed by atoms with Gasteiger partial charge in [0, 0.05) is 0 Å². The Bertz CT molecular complexity index is 215. The molecular formula is C19H42. The fourth-order valence-corrected chi connectivity index (χ4v) is 4.57. The minimum Gasteiger partial charge on any atom is -0.0683 e. The van der Waals surface area contributed by atoms with Crippen molar-refractivity contribution in [2.24, 2.45) is 22.2 Å². The van der Waals surface area contributed by atoms with Gasteiger partial charge in [-0.3, -0.25) is 0 Å². The summed E-state index contributed by atoms with van der Waals surface area (Å²) < 4.78 is 0. The van der Waals surface area contributed by atoms with Crippen LogP contribution in [0.2, 0.25) is 0 Å². The third-order valence-electron chi connectivity index (χ3n) is 3.60. The van der Waals surface area contributed by atoms with Crippen LogP contribution in [0.5, 0.6) is 0 Å². The first-order valence-electron chi connectivity index (χ1n) is 8.52. The Kier molecular flexibility index (Phi) is 9.33. The maximum atomic E-state index is 2.51. The van der Waals surface area contributed by atoms with Crippen molar-refractivity contribution in [2.45, 2.75) is 102 Å². The summed E-state index contributed by atoms with van der Waals surface area (Å²) in [6.07, 6.45) is 5.61. The van der Waals surface area contributed by atoms with Crippen LogP contribution < -0.4 is 0 Å². The zero-order chi connectivity index (χ0) is 15.9. The summed E-state index contributed by atoms with van der Waals surface area (Å²) in [5, 5.41) is 0. The topological polar surface area (TPSA) is 0 Å². The van der Waals surface area contributed by atoms with E-state index in [1.54, 1.807) is 0 Å². The van der Waals surface area contributed by atoms with Crippen molar-refractivity contribution in [2.75, 3.05) is 0 Å². The van der Waals surface area contributed by atoms with Crippen LogP contribution in [0.3, 0.4) is 0 Å². The third-order valence-corrected chi connectivity index (χ3v) is 3.60. The molecule has 118 valence electrons. The molecule has 1 aliphatic carbocycles.